The second kappa shape index (κ2) is 13.6. The molecular formula is C24H39FIN3O2. The van der Waals surface area contributed by atoms with Crippen molar-refractivity contribution in [3.8, 4) is 0 Å². The van der Waals surface area contributed by atoms with Crippen LogP contribution in [0.5, 0.6) is 0 Å². The number of hydrogen-bond acceptors (Lipinski definition) is 3. The number of guanidine groups is 1. The van der Waals surface area contributed by atoms with Gasteiger partial charge in [-0.3, -0.25) is 4.99 Å². The van der Waals surface area contributed by atoms with E-state index in [1.165, 1.54) is 24.8 Å². The molecule has 31 heavy (non-hydrogen) atoms. The second-order valence-corrected chi connectivity index (χ2v) is 8.69. The molecule has 2 aliphatic rings. The van der Waals surface area contributed by atoms with E-state index in [4.69, 9.17) is 14.5 Å². The number of aliphatic imine (C=N–C) groups is 1. The third-order valence-corrected chi connectivity index (χ3v) is 6.50. The number of hydrogen-bond donors (Lipinski definition) is 1. The summed E-state index contributed by atoms with van der Waals surface area (Å²) in [6.07, 6.45) is 7.08. The third-order valence-electron chi connectivity index (χ3n) is 6.50. The molecule has 0 bridgehead atoms. The Kier molecular flexibility index (Phi) is 11.5. The molecule has 1 N–H and O–H groups in total. The van der Waals surface area contributed by atoms with Crippen LogP contribution in [0.3, 0.4) is 0 Å². The lowest BCUT2D eigenvalue weighted by Gasteiger charge is -2.37. The molecule has 1 aromatic carbocycles. The number of nitrogens with one attached hydrogen (secondary N) is 1. The molecule has 1 aliphatic carbocycles. The van der Waals surface area contributed by atoms with E-state index < -0.39 is 0 Å². The zero-order chi connectivity index (χ0) is 21.2. The summed E-state index contributed by atoms with van der Waals surface area (Å²) in [6.45, 7) is 7.79. The average Bonchev–Trinajstić information content (AvgIpc) is 3.24. The lowest BCUT2D eigenvalue weighted by Crippen LogP contribution is -2.42. The van der Waals surface area contributed by atoms with E-state index in [0.717, 1.165) is 58.0 Å². The molecule has 1 atom stereocenters. The molecule has 1 unspecified atom stereocenters. The highest BCUT2D eigenvalue weighted by atomic mass is 127. The first-order valence-corrected chi connectivity index (χ1v) is 11.5. The van der Waals surface area contributed by atoms with Crippen LogP contribution < -0.4 is 5.32 Å². The van der Waals surface area contributed by atoms with Gasteiger partial charge >= 0.3 is 0 Å². The predicted octanol–water partition coefficient (Wildman–Crippen LogP) is 4.60. The molecule has 1 saturated carbocycles. The average molecular weight is 547 g/mol. The number of likely N-dealkylation sites (tertiary alicyclic amines) is 1. The maximum atomic E-state index is 13.5. The van der Waals surface area contributed by atoms with Gasteiger partial charge in [0.05, 0.1) is 26.4 Å². The Morgan fingerprint density at radius 1 is 1.19 bits per heavy atom. The van der Waals surface area contributed by atoms with Crippen molar-refractivity contribution in [2.75, 3.05) is 53.1 Å². The number of methoxy groups -OCH3 is 1. The summed E-state index contributed by atoms with van der Waals surface area (Å²) in [4.78, 5) is 7.48. The minimum absolute atomic E-state index is 0. The summed E-state index contributed by atoms with van der Waals surface area (Å²) in [5, 5.41) is 3.49. The Labute approximate surface area is 204 Å². The second-order valence-electron chi connectivity index (χ2n) is 8.69. The van der Waals surface area contributed by atoms with Crippen molar-refractivity contribution < 1.29 is 13.9 Å². The fourth-order valence-corrected chi connectivity index (χ4v) is 4.78. The van der Waals surface area contributed by atoms with Gasteiger partial charge in [0, 0.05) is 38.1 Å². The van der Waals surface area contributed by atoms with Gasteiger partial charge in [0.1, 0.15) is 5.82 Å². The maximum absolute atomic E-state index is 13.5. The van der Waals surface area contributed by atoms with Crippen LogP contribution >= 0.6 is 24.0 Å². The van der Waals surface area contributed by atoms with E-state index in [0.29, 0.717) is 19.1 Å². The molecular weight excluding hydrogens is 508 g/mol. The van der Waals surface area contributed by atoms with Gasteiger partial charge in [0.15, 0.2) is 5.96 Å². The molecule has 176 valence electrons. The number of nitrogens with zero attached hydrogens (tertiary/aromatic N) is 2. The highest BCUT2D eigenvalue weighted by Gasteiger charge is 2.34. The standard InChI is InChI=1S/C24H38FN3O2.HI/c1-3-26-23(28-14-11-20(17-28)18-30-16-15-29-2)27-19-24(12-5-4-6-13-24)21-7-9-22(25)10-8-21;/h7-10,20H,3-6,11-19H2,1-2H3,(H,26,27);1H. The van der Waals surface area contributed by atoms with Gasteiger partial charge in [-0.1, -0.05) is 31.4 Å². The Hall–Kier alpha value is -0.930. The van der Waals surface area contributed by atoms with Crippen LogP contribution in [0, 0.1) is 11.7 Å². The molecule has 0 amide bonds. The molecule has 7 heteroatoms. The van der Waals surface area contributed by atoms with E-state index >= 15 is 0 Å². The summed E-state index contributed by atoms with van der Waals surface area (Å²) in [7, 11) is 1.70. The first-order chi connectivity index (χ1) is 14.7. The van der Waals surface area contributed by atoms with Crippen LogP contribution in [0.2, 0.25) is 0 Å². The minimum atomic E-state index is -0.169. The zero-order valence-electron chi connectivity index (χ0n) is 19.1. The van der Waals surface area contributed by atoms with Crippen molar-refractivity contribution in [1.29, 1.82) is 0 Å². The Morgan fingerprint density at radius 3 is 2.61 bits per heavy atom. The first-order valence-electron chi connectivity index (χ1n) is 11.5. The summed E-state index contributed by atoms with van der Waals surface area (Å²) in [5.74, 6) is 1.37. The summed E-state index contributed by atoms with van der Waals surface area (Å²) >= 11 is 0. The Morgan fingerprint density at radius 2 is 1.94 bits per heavy atom. The lowest BCUT2D eigenvalue weighted by atomic mass is 9.69. The molecule has 0 aromatic heterocycles. The monoisotopic (exact) mass is 547 g/mol. The van der Waals surface area contributed by atoms with Gasteiger partial charge in [-0.2, -0.15) is 0 Å². The molecule has 1 aromatic rings. The molecule has 1 heterocycles. The van der Waals surface area contributed by atoms with Gasteiger partial charge in [-0.05, 0) is 43.9 Å². The lowest BCUT2D eigenvalue weighted by molar-refractivity contribution is 0.0536. The molecule has 2 fully saturated rings. The normalized spacial score (nSPS) is 21.1. The van der Waals surface area contributed by atoms with Crippen LogP contribution in [0.1, 0.15) is 51.0 Å². The Balaban J connectivity index is 0.00000341. The van der Waals surface area contributed by atoms with E-state index in [9.17, 15) is 4.39 Å². The van der Waals surface area contributed by atoms with Gasteiger partial charge in [0.2, 0.25) is 0 Å². The van der Waals surface area contributed by atoms with Gasteiger partial charge in [-0.15, -0.1) is 24.0 Å². The van der Waals surface area contributed by atoms with Crippen molar-refractivity contribution in [2.45, 2.75) is 50.9 Å². The van der Waals surface area contributed by atoms with Gasteiger partial charge < -0.3 is 19.7 Å². The van der Waals surface area contributed by atoms with E-state index in [-0.39, 0.29) is 35.2 Å². The topological polar surface area (TPSA) is 46.1 Å². The number of benzene rings is 1. The van der Waals surface area contributed by atoms with Crippen molar-refractivity contribution in [3.63, 3.8) is 0 Å². The van der Waals surface area contributed by atoms with Gasteiger partial charge in [0.25, 0.3) is 0 Å². The molecule has 1 aliphatic heterocycles. The summed E-state index contributed by atoms with van der Waals surface area (Å²) < 4.78 is 24.3. The van der Waals surface area contributed by atoms with Crippen molar-refractivity contribution in [3.05, 3.63) is 35.6 Å². The molecule has 1 saturated heterocycles. The summed E-state index contributed by atoms with van der Waals surface area (Å²) in [5.41, 5.74) is 1.25. The number of halogens is 2. The molecule has 0 spiro atoms. The zero-order valence-corrected chi connectivity index (χ0v) is 21.4. The maximum Gasteiger partial charge on any atom is 0.193 e. The van der Waals surface area contributed by atoms with Crippen molar-refractivity contribution >= 4 is 29.9 Å². The molecule has 5 nitrogen and oxygen atoms in total. The highest BCUT2D eigenvalue weighted by molar-refractivity contribution is 14.0. The highest BCUT2D eigenvalue weighted by Crippen LogP contribution is 2.40. The van der Waals surface area contributed by atoms with Crippen LogP contribution in [-0.2, 0) is 14.9 Å². The fourth-order valence-electron chi connectivity index (χ4n) is 4.78. The predicted molar refractivity (Wildman–Crippen MR) is 135 cm³/mol. The van der Waals surface area contributed by atoms with Crippen LogP contribution in [0.4, 0.5) is 4.39 Å². The Bertz CT molecular complexity index is 665. The van der Waals surface area contributed by atoms with Crippen molar-refractivity contribution in [1.82, 2.24) is 10.2 Å². The minimum Gasteiger partial charge on any atom is -0.382 e. The molecule has 3 rings (SSSR count). The van der Waals surface area contributed by atoms with E-state index in [1.807, 2.05) is 12.1 Å². The molecule has 0 radical (unpaired) electrons. The number of rotatable bonds is 9. The largest absolute Gasteiger partial charge is 0.382 e. The SMILES string of the molecule is CCNC(=NCC1(c2ccc(F)cc2)CCCCC1)N1CCC(COCCOC)C1.I. The quantitative estimate of drug-likeness (QED) is 0.213. The van der Waals surface area contributed by atoms with Crippen LogP contribution in [0.25, 0.3) is 0 Å². The van der Waals surface area contributed by atoms with Crippen molar-refractivity contribution in [2.24, 2.45) is 10.9 Å². The third kappa shape index (κ3) is 7.56. The van der Waals surface area contributed by atoms with Gasteiger partial charge in [-0.25, -0.2) is 4.39 Å². The fraction of sp³-hybridized carbons (Fsp3) is 0.708. The number of ether oxygens (including phenoxy) is 2. The van der Waals surface area contributed by atoms with Crippen LogP contribution in [-0.4, -0.2) is 64.0 Å². The smallest absolute Gasteiger partial charge is 0.193 e. The first kappa shape index (κ1) is 26.3. The summed E-state index contributed by atoms with van der Waals surface area (Å²) in [6, 6.07) is 7.11. The van der Waals surface area contributed by atoms with E-state index in [1.54, 1.807) is 19.2 Å². The van der Waals surface area contributed by atoms with Crippen LogP contribution in [0.15, 0.2) is 29.3 Å². The van der Waals surface area contributed by atoms with E-state index in [2.05, 4.69) is 17.1 Å².